The first-order chi connectivity index (χ1) is 10.1. The molecule has 0 bridgehead atoms. The van der Waals surface area contributed by atoms with Crippen LogP contribution in [0, 0.1) is 6.92 Å². The van der Waals surface area contributed by atoms with Gasteiger partial charge in [-0.15, -0.1) is 0 Å². The van der Waals surface area contributed by atoms with Gasteiger partial charge in [0, 0.05) is 17.1 Å². The average molecular weight is 302 g/mol. The van der Waals surface area contributed by atoms with Gasteiger partial charge in [-0.25, -0.2) is 0 Å². The molecule has 2 rings (SSSR count). The first-order valence-electron chi connectivity index (χ1n) is 7.62. The van der Waals surface area contributed by atoms with Crippen LogP contribution in [0.1, 0.15) is 43.0 Å². The van der Waals surface area contributed by atoms with Crippen molar-refractivity contribution in [3.05, 3.63) is 70.2 Å². The van der Waals surface area contributed by atoms with Gasteiger partial charge in [0.1, 0.15) is 0 Å². The maximum absolute atomic E-state index is 6.25. The Kier molecular flexibility index (Phi) is 5.84. The van der Waals surface area contributed by atoms with Crippen LogP contribution >= 0.6 is 11.6 Å². The van der Waals surface area contributed by atoms with Crippen LogP contribution in [-0.4, -0.2) is 6.04 Å². The van der Waals surface area contributed by atoms with Crippen LogP contribution in [0.4, 0.5) is 0 Å². The minimum Gasteiger partial charge on any atom is -0.308 e. The monoisotopic (exact) mass is 301 g/mol. The van der Waals surface area contributed by atoms with Gasteiger partial charge in [0.15, 0.2) is 0 Å². The van der Waals surface area contributed by atoms with E-state index in [0.29, 0.717) is 6.04 Å². The number of nitrogens with one attached hydrogen (secondary N) is 1. The molecule has 1 unspecified atom stereocenters. The van der Waals surface area contributed by atoms with Crippen LogP contribution in [-0.2, 0) is 6.42 Å². The zero-order valence-corrected chi connectivity index (χ0v) is 13.8. The van der Waals surface area contributed by atoms with Gasteiger partial charge in [-0.05, 0) is 50.8 Å². The molecule has 2 heteroatoms. The number of hydrogen-bond donors (Lipinski definition) is 1. The summed E-state index contributed by atoms with van der Waals surface area (Å²) >= 11 is 6.25. The molecule has 2 aromatic rings. The Hall–Kier alpha value is -1.31. The molecule has 0 spiro atoms. The molecule has 1 N–H and O–H groups in total. The Bertz CT molecular complexity index is 579. The van der Waals surface area contributed by atoms with Crippen molar-refractivity contribution >= 4 is 11.6 Å². The van der Waals surface area contributed by atoms with Gasteiger partial charge < -0.3 is 5.32 Å². The van der Waals surface area contributed by atoms with Crippen molar-refractivity contribution in [2.24, 2.45) is 0 Å². The smallest absolute Gasteiger partial charge is 0.0453 e. The molecule has 112 valence electrons. The normalized spacial score (nSPS) is 13.9. The Morgan fingerprint density at radius 3 is 2.52 bits per heavy atom. The largest absolute Gasteiger partial charge is 0.308 e. The zero-order valence-electron chi connectivity index (χ0n) is 13.1. The quantitative estimate of drug-likeness (QED) is 0.761. The molecule has 0 radical (unpaired) electrons. The lowest BCUT2D eigenvalue weighted by Crippen LogP contribution is -2.29. The third kappa shape index (κ3) is 4.87. The molecule has 0 fully saturated rings. The van der Waals surface area contributed by atoms with Crippen LogP contribution in [0.2, 0.25) is 5.02 Å². The standard InChI is InChI=1S/C19H24ClN/c1-14-7-6-8-17(13-14)12-11-15(2)21-16(3)18-9-4-5-10-19(18)20/h4-10,13,15-16,21H,11-12H2,1-3H3/t15?,16-/m1/s1. The Morgan fingerprint density at radius 1 is 1.05 bits per heavy atom. The molecule has 0 aliphatic carbocycles. The SMILES string of the molecule is Cc1cccc(CCC(C)N[C@H](C)c2ccccc2Cl)c1. The van der Waals surface area contributed by atoms with E-state index in [-0.39, 0.29) is 6.04 Å². The molecule has 0 saturated heterocycles. The van der Waals surface area contributed by atoms with Gasteiger partial charge in [0.2, 0.25) is 0 Å². The molecular formula is C19H24ClN. The van der Waals surface area contributed by atoms with Crippen molar-refractivity contribution in [2.75, 3.05) is 0 Å². The van der Waals surface area contributed by atoms with Crippen molar-refractivity contribution in [3.63, 3.8) is 0 Å². The molecular weight excluding hydrogens is 278 g/mol. The van der Waals surface area contributed by atoms with Gasteiger partial charge in [-0.2, -0.15) is 0 Å². The average Bonchev–Trinajstić information content (AvgIpc) is 2.45. The first kappa shape index (κ1) is 16.1. The lowest BCUT2D eigenvalue weighted by Gasteiger charge is -2.21. The van der Waals surface area contributed by atoms with E-state index in [9.17, 15) is 0 Å². The molecule has 2 atom stereocenters. The van der Waals surface area contributed by atoms with Gasteiger partial charge in [0.05, 0.1) is 0 Å². The lowest BCUT2D eigenvalue weighted by atomic mass is 10.0. The van der Waals surface area contributed by atoms with E-state index in [1.165, 1.54) is 16.7 Å². The maximum atomic E-state index is 6.25. The minimum atomic E-state index is 0.270. The van der Waals surface area contributed by atoms with Crippen molar-refractivity contribution < 1.29 is 0 Å². The van der Waals surface area contributed by atoms with E-state index < -0.39 is 0 Å². The summed E-state index contributed by atoms with van der Waals surface area (Å²) in [5, 5.41) is 4.47. The summed E-state index contributed by atoms with van der Waals surface area (Å²) in [7, 11) is 0. The summed E-state index contributed by atoms with van der Waals surface area (Å²) in [6.45, 7) is 6.55. The number of aryl methyl sites for hydroxylation is 2. The van der Waals surface area contributed by atoms with Gasteiger partial charge in [0.25, 0.3) is 0 Å². The second-order valence-electron chi connectivity index (χ2n) is 5.84. The maximum Gasteiger partial charge on any atom is 0.0453 e. The highest BCUT2D eigenvalue weighted by Crippen LogP contribution is 2.23. The second-order valence-corrected chi connectivity index (χ2v) is 6.25. The van der Waals surface area contributed by atoms with Crippen LogP contribution in [0.3, 0.4) is 0 Å². The summed E-state index contributed by atoms with van der Waals surface area (Å²) in [5.41, 5.74) is 3.91. The van der Waals surface area contributed by atoms with Crippen molar-refractivity contribution in [3.8, 4) is 0 Å². The highest BCUT2D eigenvalue weighted by atomic mass is 35.5. The van der Waals surface area contributed by atoms with Crippen LogP contribution < -0.4 is 5.32 Å². The second kappa shape index (κ2) is 7.63. The fourth-order valence-electron chi connectivity index (χ4n) is 2.68. The molecule has 21 heavy (non-hydrogen) atoms. The van der Waals surface area contributed by atoms with Gasteiger partial charge >= 0.3 is 0 Å². The molecule has 0 heterocycles. The highest BCUT2D eigenvalue weighted by molar-refractivity contribution is 6.31. The highest BCUT2D eigenvalue weighted by Gasteiger charge is 2.12. The predicted molar refractivity (Wildman–Crippen MR) is 92.0 cm³/mol. The van der Waals surface area contributed by atoms with Gasteiger partial charge in [-0.3, -0.25) is 0 Å². The van der Waals surface area contributed by atoms with E-state index in [0.717, 1.165) is 17.9 Å². The summed E-state index contributed by atoms with van der Waals surface area (Å²) < 4.78 is 0. The molecule has 0 aliphatic heterocycles. The summed E-state index contributed by atoms with van der Waals surface area (Å²) in [6, 6.07) is 17.5. The van der Waals surface area contributed by atoms with E-state index in [2.05, 4.69) is 56.4 Å². The minimum absolute atomic E-state index is 0.270. The molecule has 0 aromatic heterocycles. The molecule has 1 nitrogen and oxygen atoms in total. The fourth-order valence-corrected chi connectivity index (χ4v) is 2.98. The Labute approximate surface area is 133 Å². The number of benzene rings is 2. The van der Waals surface area contributed by atoms with Crippen molar-refractivity contribution in [1.82, 2.24) is 5.32 Å². The Balaban J connectivity index is 1.87. The molecule has 0 saturated carbocycles. The van der Waals surface area contributed by atoms with Crippen molar-refractivity contribution in [1.29, 1.82) is 0 Å². The predicted octanol–water partition coefficient (Wildman–Crippen LogP) is 5.32. The van der Waals surface area contributed by atoms with Crippen molar-refractivity contribution in [2.45, 2.75) is 45.7 Å². The van der Waals surface area contributed by atoms with Crippen LogP contribution in [0.25, 0.3) is 0 Å². The summed E-state index contributed by atoms with van der Waals surface area (Å²) in [6.07, 6.45) is 2.23. The van der Waals surface area contributed by atoms with Crippen LogP contribution in [0.5, 0.6) is 0 Å². The van der Waals surface area contributed by atoms with E-state index in [1.54, 1.807) is 0 Å². The summed E-state index contributed by atoms with van der Waals surface area (Å²) in [4.78, 5) is 0. The van der Waals surface area contributed by atoms with E-state index in [1.807, 2.05) is 18.2 Å². The molecule has 0 aliphatic rings. The number of rotatable bonds is 6. The number of hydrogen-bond acceptors (Lipinski definition) is 1. The Morgan fingerprint density at radius 2 is 1.81 bits per heavy atom. The van der Waals surface area contributed by atoms with E-state index in [4.69, 9.17) is 11.6 Å². The number of halogens is 1. The molecule has 0 amide bonds. The fraction of sp³-hybridized carbons (Fsp3) is 0.368. The summed E-state index contributed by atoms with van der Waals surface area (Å²) in [5.74, 6) is 0. The third-order valence-corrected chi connectivity index (χ3v) is 4.20. The molecule has 2 aromatic carbocycles. The van der Waals surface area contributed by atoms with Crippen LogP contribution in [0.15, 0.2) is 48.5 Å². The van der Waals surface area contributed by atoms with E-state index >= 15 is 0 Å². The zero-order chi connectivity index (χ0) is 15.2. The lowest BCUT2D eigenvalue weighted by molar-refractivity contribution is 0.456. The topological polar surface area (TPSA) is 12.0 Å². The van der Waals surface area contributed by atoms with Gasteiger partial charge in [-0.1, -0.05) is 59.6 Å². The first-order valence-corrected chi connectivity index (χ1v) is 8.00. The third-order valence-electron chi connectivity index (χ3n) is 3.85.